The monoisotopic (exact) mass is 275 g/mol. The number of amidine groups is 1. The van der Waals surface area contributed by atoms with Gasteiger partial charge in [0.2, 0.25) is 0 Å². The van der Waals surface area contributed by atoms with Gasteiger partial charge in [-0.3, -0.25) is 4.90 Å². The molecule has 0 saturated heterocycles. The van der Waals surface area contributed by atoms with Crippen molar-refractivity contribution in [3.05, 3.63) is 0 Å². The topological polar surface area (TPSA) is 58.7 Å². The molecule has 1 aliphatic carbocycles. The van der Waals surface area contributed by atoms with Crippen molar-refractivity contribution in [3.63, 3.8) is 0 Å². The minimum atomic E-state index is -0.438. The predicted octanol–water partition coefficient (Wildman–Crippen LogP) is 2.78. The van der Waals surface area contributed by atoms with Crippen molar-refractivity contribution < 1.29 is 4.79 Å². The normalized spacial score (nSPS) is 32.1. The minimum Gasteiger partial charge on any atom is -0.385 e. The van der Waals surface area contributed by atoms with E-state index < -0.39 is 5.54 Å². The van der Waals surface area contributed by atoms with E-state index in [1.165, 1.54) is 6.42 Å². The molecule has 0 aromatic heterocycles. The van der Waals surface area contributed by atoms with Gasteiger partial charge in [0.15, 0.2) is 0 Å². The third-order valence-electron chi connectivity index (χ3n) is 5.03. The molecule has 1 heterocycles. The second-order valence-corrected chi connectivity index (χ2v) is 6.46. The van der Waals surface area contributed by atoms with E-state index in [0.29, 0.717) is 17.7 Å². The average Bonchev–Trinajstić information content (AvgIpc) is 2.57. The Morgan fingerprint density at radius 2 is 2.10 bits per heavy atom. The second kappa shape index (κ2) is 5.47. The maximum Gasteiger partial charge on any atom is 0.347 e. The number of urea groups is 1. The Kier molecular flexibility index (Phi) is 4.08. The third kappa shape index (κ3) is 2.30. The Hall–Kier alpha value is -1.50. The summed E-state index contributed by atoms with van der Waals surface area (Å²) in [6.45, 7) is 6.40. The molecule has 1 aliphatic heterocycles. The molecule has 0 aromatic rings. The number of nitrogens with zero attached hydrogens (tertiary/aromatic N) is 2. The maximum atomic E-state index is 12.1. The van der Waals surface area contributed by atoms with Gasteiger partial charge in [-0.05, 0) is 38.0 Å². The van der Waals surface area contributed by atoms with Gasteiger partial charge in [-0.2, -0.15) is 4.99 Å². The molecule has 2 N–H and O–H groups in total. The molecule has 0 aromatic carbocycles. The van der Waals surface area contributed by atoms with Crippen molar-refractivity contribution in [3.8, 4) is 12.3 Å². The van der Waals surface area contributed by atoms with Crippen LogP contribution in [0.3, 0.4) is 0 Å². The molecule has 4 heteroatoms. The van der Waals surface area contributed by atoms with Crippen LogP contribution in [0.25, 0.3) is 0 Å². The van der Waals surface area contributed by atoms with Gasteiger partial charge in [0.25, 0.3) is 0 Å². The Morgan fingerprint density at radius 3 is 2.70 bits per heavy atom. The van der Waals surface area contributed by atoms with Crippen molar-refractivity contribution in [1.82, 2.24) is 4.90 Å². The highest BCUT2D eigenvalue weighted by atomic mass is 16.2. The van der Waals surface area contributed by atoms with E-state index >= 15 is 0 Å². The first-order chi connectivity index (χ1) is 9.42. The van der Waals surface area contributed by atoms with Gasteiger partial charge >= 0.3 is 6.03 Å². The van der Waals surface area contributed by atoms with Crippen LogP contribution < -0.4 is 5.73 Å². The molecular formula is C16H25N3O. The summed E-state index contributed by atoms with van der Waals surface area (Å²) in [6.07, 6.45) is 10.6. The van der Waals surface area contributed by atoms with Crippen LogP contribution in [0.1, 0.15) is 52.9 Å². The van der Waals surface area contributed by atoms with E-state index in [9.17, 15) is 4.79 Å². The number of rotatable bonds is 2. The van der Waals surface area contributed by atoms with Crippen LogP contribution in [0.2, 0.25) is 0 Å². The molecule has 2 rings (SSSR count). The van der Waals surface area contributed by atoms with E-state index in [2.05, 4.69) is 24.8 Å². The second-order valence-electron chi connectivity index (χ2n) is 6.46. The summed E-state index contributed by atoms with van der Waals surface area (Å²) in [5.74, 6) is 4.49. The van der Waals surface area contributed by atoms with Crippen LogP contribution in [0.4, 0.5) is 4.79 Å². The number of hydrogen-bond donors (Lipinski definition) is 1. The Bertz CT molecular complexity index is 463. The molecule has 0 radical (unpaired) electrons. The zero-order valence-corrected chi connectivity index (χ0v) is 12.7. The highest BCUT2D eigenvalue weighted by Gasteiger charge is 2.50. The molecule has 3 unspecified atom stereocenters. The van der Waals surface area contributed by atoms with Crippen LogP contribution in [-0.4, -0.2) is 28.3 Å². The van der Waals surface area contributed by atoms with Crippen molar-refractivity contribution in [2.75, 3.05) is 0 Å². The Labute approximate surface area is 121 Å². The van der Waals surface area contributed by atoms with Gasteiger partial charge in [0.05, 0.1) is 6.04 Å². The number of carbonyl (C=O) groups excluding carboxylic acids is 1. The lowest BCUT2D eigenvalue weighted by Gasteiger charge is -2.39. The number of aliphatic imine (C=N–C) groups is 1. The zero-order chi connectivity index (χ0) is 14.9. The number of amides is 2. The number of hydrogen-bond acceptors (Lipinski definition) is 2. The molecule has 1 saturated carbocycles. The highest BCUT2D eigenvalue weighted by Crippen LogP contribution is 2.41. The van der Waals surface area contributed by atoms with E-state index in [1.807, 2.05) is 6.92 Å². The number of carbonyl (C=O) groups is 1. The van der Waals surface area contributed by atoms with E-state index in [4.69, 9.17) is 12.2 Å². The predicted molar refractivity (Wildman–Crippen MR) is 81.3 cm³/mol. The fraction of sp³-hybridized carbons (Fsp3) is 0.750. The largest absolute Gasteiger partial charge is 0.385 e. The van der Waals surface area contributed by atoms with Crippen LogP contribution in [0.15, 0.2) is 4.99 Å². The summed E-state index contributed by atoms with van der Waals surface area (Å²) in [5.41, 5.74) is 5.69. The van der Waals surface area contributed by atoms with Gasteiger partial charge in [0.1, 0.15) is 11.4 Å². The van der Waals surface area contributed by atoms with Gasteiger partial charge in [-0.25, -0.2) is 4.79 Å². The third-order valence-corrected chi connectivity index (χ3v) is 5.03. The first kappa shape index (κ1) is 14.9. The van der Waals surface area contributed by atoms with Gasteiger partial charge < -0.3 is 5.73 Å². The van der Waals surface area contributed by atoms with E-state index in [-0.39, 0.29) is 12.1 Å². The summed E-state index contributed by atoms with van der Waals surface area (Å²) in [7, 11) is 0. The minimum absolute atomic E-state index is 0.261. The van der Waals surface area contributed by atoms with Crippen LogP contribution in [-0.2, 0) is 0 Å². The molecule has 1 spiro atoms. The van der Waals surface area contributed by atoms with Gasteiger partial charge in [-0.15, -0.1) is 6.42 Å². The maximum absolute atomic E-state index is 12.1. The molecule has 2 amide bonds. The number of terminal acetylenes is 1. The Morgan fingerprint density at radius 1 is 1.40 bits per heavy atom. The van der Waals surface area contributed by atoms with Gasteiger partial charge in [0, 0.05) is 0 Å². The lowest BCUT2D eigenvalue weighted by atomic mass is 9.84. The first-order valence-corrected chi connectivity index (χ1v) is 7.56. The molecule has 3 atom stereocenters. The fourth-order valence-electron chi connectivity index (χ4n) is 3.69. The lowest BCUT2D eigenvalue weighted by molar-refractivity contribution is 0.146. The molecule has 20 heavy (non-hydrogen) atoms. The average molecular weight is 275 g/mol. The van der Waals surface area contributed by atoms with Crippen LogP contribution >= 0.6 is 0 Å². The Balaban J connectivity index is 2.29. The quantitative estimate of drug-likeness (QED) is 0.788. The van der Waals surface area contributed by atoms with Crippen molar-refractivity contribution in [1.29, 1.82) is 0 Å². The van der Waals surface area contributed by atoms with Crippen LogP contribution in [0.5, 0.6) is 0 Å². The highest BCUT2D eigenvalue weighted by molar-refractivity contribution is 6.06. The summed E-state index contributed by atoms with van der Waals surface area (Å²) in [5, 5.41) is 0. The lowest BCUT2D eigenvalue weighted by Crippen LogP contribution is -2.56. The fourth-order valence-corrected chi connectivity index (χ4v) is 3.69. The van der Waals surface area contributed by atoms with Crippen molar-refractivity contribution in [2.45, 2.75) is 64.5 Å². The van der Waals surface area contributed by atoms with Crippen molar-refractivity contribution >= 4 is 11.9 Å². The van der Waals surface area contributed by atoms with Gasteiger partial charge in [-0.1, -0.05) is 32.6 Å². The summed E-state index contributed by atoms with van der Waals surface area (Å²) in [6, 6.07) is -0.529. The molecule has 110 valence electrons. The summed E-state index contributed by atoms with van der Waals surface area (Å²) < 4.78 is 0. The summed E-state index contributed by atoms with van der Waals surface area (Å²) >= 11 is 0. The first-order valence-electron chi connectivity index (χ1n) is 7.56. The standard InChI is InChI=1S/C16H25N3O/c1-5-12(4)19-15(20)18-14(17)16(19)9-6-7-13(8-10-16)11(2)3/h1,11-13H,6-10H2,2-4H3,(H2,17,18,20). The van der Waals surface area contributed by atoms with E-state index in [0.717, 1.165) is 25.7 Å². The SMILES string of the molecule is C#CC(C)N1C(=O)N=C(N)C12CCCC(C(C)C)CC2. The van der Waals surface area contributed by atoms with Crippen molar-refractivity contribution in [2.24, 2.45) is 22.6 Å². The summed E-state index contributed by atoms with van der Waals surface area (Å²) in [4.78, 5) is 17.9. The molecule has 2 aliphatic rings. The molecule has 1 fully saturated rings. The smallest absolute Gasteiger partial charge is 0.347 e. The van der Waals surface area contributed by atoms with Crippen LogP contribution in [0, 0.1) is 24.2 Å². The zero-order valence-electron chi connectivity index (χ0n) is 12.7. The molecule has 0 bridgehead atoms. The molecule has 4 nitrogen and oxygen atoms in total. The molecular weight excluding hydrogens is 250 g/mol. The number of nitrogens with two attached hydrogens (primary N) is 1. The van der Waals surface area contributed by atoms with E-state index in [1.54, 1.807) is 4.90 Å².